The maximum Gasteiger partial charge on any atom is 0.214 e. The summed E-state index contributed by atoms with van der Waals surface area (Å²) < 4.78 is 11.3. The van der Waals surface area contributed by atoms with Gasteiger partial charge in [0.2, 0.25) is 5.88 Å². The lowest BCUT2D eigenvalue weighted by Crippen LogP contribution is -2.05. The average Bonchev–Trinajstić information content (AvgIpc) is 2.81. The first kappa shape index (κ1) is 8.97. The van der Waals surface area contributed by atoms with Gasteiger partial charge in [-0.05, 0) is 34.5 Å². The van der Waals surface area contributed by atoms with E-state index in [-0.39, 0.29) is 6.10 Å². The molecule has 70 valence electrons. The minimum absolute atomic E-state index is 0.279. The number of hydrogen-bond acceptors (Lipinski definition) is 3. The molecule has 0 saturated carbocycles. The van der Waals surface area contributed by atoms with Gasteiger partial charge in [-0.3, -0.25) is 0 Å². The van der Waals surface area contributed by atoms with Crippen molar-refractivity contribution in [1.29, 1.82) is 0 Å². The number of hydrogen-bond donors (Lipinski definition) is 0. The molecule has 3 nitrogen and oxygen atoms in total. The van der Waals surface area contributed by atoms with E-state index in [9.17, 15) is 0 Å². The van der Waals surface area contributed by atoms with Crippen LogP contribution in [-0.2, 0) is 4.74 Å². The van der Waals surface area contributed by atoms with Crippen molar-refractivity contribution in [3.05, 3.63) is 22.3 Å². The second-order valence-electron chi connectivity index (χ2n) is 3.07. The molecule has 13 heavy (non-hydrogen) atoms. The number of aromatic nitrogens is 1. The van der Waals surface area contributed by atoms with Crippen molar-refractivity contribution >= 4 is 15.9 Å². The Morgan fingerprint density at radius 1 is 1.69 bits per heavy atom. The molecule has 2 heterocycles. The predicted molar refractivity (Wildman–Crippen MR) is 51.9 cm³/mol. The molecular formula is C9H10BrNO2. The van der Waals surface area contributed by atoms with Crippen LogP contribution < -0.4 is 4.74 Å². The zero-order valence-corrected chi connectivity index (χ0v) is 8.87. The van der Waals surface area contributed by atoms with Crippen molar-refractivity contribution < 1.29 is 9.47 Å². The molecular weight excluding hydrogens is 234 g/mol. The number of aryl methyl sites for hydroxylation is 1. The molecule has 4 heteroatoms. The summed E-state index contributed by atoms with van der Waals surface area (Å²) in [7, 11) is 0. The zero-order chi connectivity index (χ0) is 9.26. The minimum Gasteiger partial charge on any atom is -0.475 e. The minimum atomic E-state index is 0.279. The van der Waals surface area contributed by atoms with Gasteiger partial charge in [-0.25, -0.2) is 4.98 Å². The van der Waals surface area contributed by atoms with Crippen LogP contribution in [-0.4, -0.2) is 24.3 Å². The largest absolute Gasteiger partial charge is 0.475 e. The molecule has 1 fully saturated rings. The van der Waals surface area contributed by atoms with Crippen LogP contribution in [0.5, 0.6) is 5.88 Å². The van der Waals surface area contributed by atoms with Gasteiger partial charge in [0.05, 0.1) is 6.61 Å². The maximum atomic E-state index is 5.43. The predicted octanol–water partition coefficient (Wildman–Crippen LogP) is 1.93. The van der Waals surface area contributed by atoms with E-state index in [4.69, 9.17) is 9.47 Å². The maximum absolute atomic E-state index is 5.43. The van der Waals surface area contributed by atoms with Crippen LogP contribution in [0.3, 0.4) is 0 Å². The Bertz CT molecular complexity index is 292. The summed E-state index contributed by atoms with van der Waals surface area (Å²) in [6.07, 6.45) is 0.279. The third-order valence-corrected chi connectivity index (χ3v) is 2.14. The molecule has 0 N–H and O–H groups in total. The van der Waals surface area contributed by atoms with Crippen LogP contribution in [0, 0.1) is 6.92 Å². The van der Waals surface area contributed by atoms with E-state index in [0.717, 1.165) is 16.8 Å². The second kappa shape index (κ2) is 3.64. The van der Waals surface area contributed by atoms with Crippen molar-refractivity contribution in [2.75, 3.05) is 13.2 Å². The highest BCUT2D eigenvalue weighted by Gasteiger charge is 2.23. The van der Waals surface area contributed by atoms with Gasteiger partial charge in [-0.1, -0.05) is 0 Å². The van der Waals surface area contributed by atoms with Crippen LogP contribution in [0.2, 0.25) is 0 Å². The first-order chi connectivity index (χ1) is 6.24. The highest BCUT2D eigenvalue weighted by Crippen LogP contribution is 2.17. The van der Waals surface area contributed by atoms with Crippen LogP contribution in [0.15, 0.2) is 16.7 Å². The Balaban J connectivity index is 2.01. The second-order valence-corrected chi connectivity index (χ2v) is 3.88. The summed E-state index contributed by atoms with van der Waals surface area (Å²) in [4.78, 5) is 4.17. The summed E-state index contributed by atoms with van der Waals surface area (Å²) in [5, 5.41) is 0. The molecule has 0 aliphatic carbocycles. The van der Waals surface area contributed by atoms with E-state index in [0.29, 0.717) is 12.5 Å². The smallest absolute Gasteiger partial charge is 0.214 e. The van der Waals surface area contributed by atoms with E-state index in [1.54, 1.807) is 0 Å². The summed E-state index contributed by atoms with van der Waals surface area (Å²) in [6, 6.07) is 3.85. The lowest BCUT2D eigenvalue weighted by molar-refractivity contribution is 0.255. The number of epoxide rings is 1. The molecule has 1 aliphatic heterocycles. The Labute approximate surface area is 85.2 Å². The van der Waals surface area contributed by atoms with Gasteiger partial charge in [-0.15, -0.1) is 0 Å². The molecule has 0 unspecified atom stereocenters. The van der Waals surface area contributed by atoms with Crippen molar-refractivity contribution in [3.8, 4) is 5.88 Å². The third-order valence-electron chi connectivity index (χ3n) is 1.73. The Hall–Kier alpha value is -0.610. The van der Waals surface area contributed by atoms with Crippen molar-refractivity contribution in [1.82, 2.24) is 4.98 Å². The van der Waals surface area contributed by atoms with E-state index in [1.165, 1.54) is 0 Å². The standard InChI is InChI=1S/C9H10BrNO2/c1-6-2-8(10)11-9(3-6)13-5-7-4-12-7/h2-3,7H,4-5H2,1H3/t7-/m0/s1. The van der Waals surface area contributed by atoms with Crippen LogP contribution >= 0.6 is 15.9 Å². The van der Waals surface area contributed by atoms with Crippen LogP contribution in [0.25, 0.3) is 0 Å². The number of rotatable bonds is 3. The fourth-order valence-corrected chi connectivity index (χ4v) is 1.55. The van der Waals surface area contributed by atoms with Crippen molar-refractivity contribution in [3.63, 3.8) is 0 Å². The van der Waals surface area contributed by atoms with Crippen molar-refractivity contribution in [2.45, 2.75) is 13.0 Å². The number of nitrogens with zero attached hydrogens (tertiary/aromatic N) is 1. The van der Waals surface area contributed by atoms with Gasteiger partial charge < -0.3 is 9.47 Å². The van der Waals surface area contributed by atoms with Gasteiger partial charge in [0.1, 0.15) is 17.3 Å². The normalized spacial score (nSPS) is 20.0. The molecule has 1 saturated heterocycles. The lowest BCUT2D eigenvalue weighted by atomic mass is 10.3. The molecule has 0 amide bonds. The average molecular weight is 244 g/mol. The molecule has 1 aromatic heterocycles. The molecule has 0 aromatic carbocycles. The molecule has 2 rings (SSSR count). The van der Waals surface area contributed by atoms with E-state index < -0.39 is 0 Å². The first-order valence-corrected chi connectivity index (χ1v) is 4.92. The van der Waals surface area contributed by atoms with Crippen LogP contribution in [0.4, 0.5) is 0 Å². The third kappa shape index (κ3) is 2.67. The molecule has 0 radical (unpaired) electrons. The highest BCUT2D eigenvalue weighted by molar-refractivity contribution is 9.10. The first-order valence-electron chi connectivity index (χ1n) is 4.12. The summed E-state index contributed by atoms with van der Waals surface area (Å²) in [5.41, 5.74) is 1.13. The Morgan fingerprint density at radius 3 is 3.08 bits per heavy atom. The topological polar surface area (TPSA) is 34.6 Å². The van der Waals surface area contributed by atoms with E-state index in [2.05, 4.69) is 20.9 Å². The summed E-state index contributed by atoms with van der Waals surface area (Å²) in [5.74, 6) is 0.655. The van der Waals surface area contributed by atoms with Gasteiger partial charge >= 0.3 is 0 Å². The number of ether oxygens (including phenoxy) is 2. The number of pyridine rings is 1. The van der Waals surface area contributed by atoms with Crippen molar-refractivity contribution in [2.24, 2.45) is 0 Å². The van der Waals surface area contributed by atoms with E-state index >= 15 is 0 Å². The monoisotopic (exact) mass is 243 g/mol. The SMILES string of the molecule is Cc1cc(Br)nc(OC[C@@H]2CO2)c1. The summed E-state index contributed by atoms with van der Waals surface area (Å²) >= 11 is 3.31. The van der Waals surface area contributed by atoms with Gasteiger partial charge in [0.25, 0.3) is 0 Å². The fourth-order valence-electron chi connectivity index (χ4n) is 1.01. The van der Waals surface area contributed by atoms with Gasteiger partial charge in [0.15, 0.2) is 0 Å². The molecule has 1 aliphatic rings. The van der Waals surface area contributed by atoms with Gasteiger partial charge in [0, 0.05) is 6.07 Å². The quantitative estimate of drug-likeness (QED) is 0.601. The zero-order valence-electron chi connectivity index (χ0n) is 7.29. The molecule has 0 bridgehead atoms. The summed E-state index contributed by atoms with van der Waals surface area (Å²) in [6.45, 7) is 3.42. The molecule has 0 spiro atoms. The molecule has 1 atom stereocenters. The van der Waals surface area contributed by atoms with Gasteiger partial charge in [-0.2, -0.15) is 0 Å². The lowest BCUT2D eigenvalue weighted by Gasteiger charge is -2.04. The van der Waals surface area contributed by atoms with Crippen LogP contribution in [0.1, 0.15) is 5.56 Å². The Kier molecular flexibility index (Phi) is 2.51. The van der Waals surface area contributed by atoms with E-state index in [1.807, 2.05) is 19.1 Å². The Morgan fingerprint density at radius 2 is 2.46 bits per heavy atom. The highest BCUT2D eigenvalue weighted by atomic mass is 79.9. The molecule has 1 aromatic rings. The fraction of sp³-hybridized carbons (Fsp3) is 0.444. The number of halogens is 1.